The van der Waals surface area contributed by atoms with Crippen LogP contribution in [0.1, 0.15) is 34.8 Å². The molecule has 13 heteroatoms. The van der Waals surface area contributed by atoms with Gasteiger partial charge in [0.05, 0.1) is 20.4 Å². The number of benzene rings is 2. The van der Waals surface area contributed by atoms with Gasteiger partial charge in [0.2, 0.25) is 5.91 Å². The lowest BCUT2D eigenvalue weighted by atomic mass is 10.1. The van der Waals surface area contributed by atoms with Gasteiger partial charge in [0.25, 0.3) is 10.0 Å². The summed E-state index contributed by atoms with van der Waals surface area (Å²) in [7, 11) is -2.60. The number of hydrogen-bond acceptors (Lipinski definition) is 9. The summed E-state index contributed by atoms with van der Waals surface area (Å²) in [6.45, 7) is 1.63. The van der Waals surface area contributed by atoms with E-state index in [4.69, 9.17) is 17.0 Å². The summed E-state index contributed by atoms with van der Waals surface area (Å²) in [5, 5.41) is 4.27. The van der Waals surface area contributed by atoms with Crippen LogP contribution in [0.25, 0.3) is 0 Å². The number of imidazole rings is 1. The Kier molecular flexibility index (Phi) is 8.91. The van der Waals surface area contributed by atoms with E-state index in [1.165, 1.54) is 31.4 Å². The highest BCUT2D eigenvalue weighted by Gasteiger charge is 2.27. The van der Waals surface area contributed by atoms with Gasteiger partial charge in [-0.25, -0.2) is 22.2 Å². The van der Waals surface area contributed by atoms with Crippen LogP contribution in [-0.2, 0) is 42.1 Å². The lowest BCUT2D eigenvalue weighted by molar-refractivity contribution is -0.145. The molecule has 2 aromatic carbocycles. The van der Waals surface area contributed by atoms with E-state index in [0.29, 0.717) is 11.3 Å². The number of methoxy groups -OCH3 is 1. The van der Waals surface area contributed by atoms with Gasteiger partial charge in [-0.2, -0.15) is 0 Å². The second-order valence-corrected chi connectivity index (χ2v) is 11.3. The van der Waals surface area contributed by atoms with Crippen LogP contribution in [0.3, 0.4) is 0 Å². The maximum Gasteiger partial charge on any atom is 0.408 e. The molecule has 0 aliphatic heterocycles. The minimum atomic E-state index is -4.05. The quantitative estimate of drug-likeness (QED) is 0.329. The number of carbonyl (C=O) groups excluding carboxylic acids is 3. The second kappa shape index (κ2) is 13.1. The summed E-state index contributed by atoms with van der Waals surface area (Å²) in [6, 6.07) is 12.7. The van der Waals surface area contributed by atoms with E-state index in [2.05, 4.69) is 10.3 Å². The average molecular weight is 575 g/mol. The Morgan fingerprint density at radius 3 is 2.38 bits per heavy atom. The zero-order chi connectivity index (χ0) is 31.1. The van der Waals surface area contributed by atoms with Gasteiger partial charge < -0.3 is 24.8 Å². The maximum absolute atomic E-state index is 13.1. The molecular weight excluding hydrogens is 540 g/mol. The molecule has 3 aromatic rings. The van der Waals surface area contributed by atoms with Gasteiger partial charge in [0, 0.05) is 12.6 Å². The number of rotatable bonds is 11. The highest BCUT2D eigenvalue weighted by atomic mass is 32.2. The number of nitrogens with zero attached hydrogens (tertiary/aromatic N) is 2. The molecular formula is C27H32N4O8S. The Balaban J connectivity index is 1.78. The first-order valence-corrected chi connectivity index (χ1v) is 13.5. The number of esters is 1. The molecule has 1 heterocycles. The van der Waals surface area contributed by atoms with Crippen LogP contribution >= 0.6 is 0 Å². The largest absolute Gasteiger partial charge is 0.497 e. The number of hydrogen-bond donors (Lipinski definition) is 2. The fourth-order valence-corrected chi connectivity index (χ4v) is 4.43. The zero-order valence-electron chi connectivity index (χ0n) is 24.4. The maximum atomic E-state index is 13.1. The Morgan fingerprint density at radius 1 is 1.07 bits per heavy atom. The zero-order valence-corrected chi connectivity index (χ0v) is 23.2. The SMILES string of the molecule is [2H]C([2H])(NC(=O)[C@H](Cc1cn(S(=O)(=O)c2ccc(OC)cc2)cn1)NC(=O)OC(C)(C)C)C(=O)OCc1ccccc1. The molecule has 0 fully saturated rings. The van der Waals surface area contributed by atoms with E-state index in [-0.39, 0.29) is 23.6 Å². The summed E-state index contributed by atoms with van der Waals surface area (Å²) in [5.41, 5.74) is -0.247. The Labute approximate surface area is 235 Å². The lowest BCUT2D eigenvalue weighted by Gasteiger charge is -2.23. The van der Waals surface area contributed by atoms with Gasteiger partial charge in [0.1, 0.15) is 36.8 Å². The van der Waals surface area contributed by atoms with Crippen molar-refractivity contribution in [3.8, 4) is 5.75 Å². The predicted molar refractivity (Wildman–Crippen MR) is 144 cm³/mol. The number of amides is 2. The normalized spacial score (nSPS) is 13.3. The van der Waals surface area contributed by atoms with Gasteiger partial charge in [-0.15, -0.1) is 0 Å². The van der Waals surface area contributed by atoms with Crippen LogP contribution in [-0.4, -0.2) is 60.6 Å². The molecule has 0 bridgehead atoms. The van der Waals surface area contributed by atoms with E-state index in [1.807, 2.05) is 5.32 Å². The molecule has 0 aliphatic carbocycles. The molecule has 214 valence electrons. The number of carbonyl (C=O) groups is 3. The molecule has 0 spiro atoms. The van der Waals surface area contributed by atoms with Crippen LogP contribution in [0, 0.1) is 0 Å². The molecule has 12 nitrogen and oxygen atoms in total. The third-order valence-corrected chi connectivity index (χ3v) is 6.79. The number of aromatic nitrogens is 2. The van der Waals surface area contributed by atoms with Crippen molar-refractivity contribution in [1.82, 2.24) is 19.6 Å². The van der Waals surface area contributed by atoms with Crippen molar-refractivity contribution in [2.75, 3.05) is 13.6 Å². The minimum Gasteiger partial charge on any atom is -0.497 e. The molecule has 0 radical (unpaired) electrons. The molecule has 0 saturated carbocycles. The van der Waals surface area contributed by atoms with Gasteiger partial charge in [-0.1, -0.05) is 30.3 Å². The van der Waals surface area contributed by atoms with Crippen molar-refractivity contribution < 1.29 is 39.8 Å². The van der Waals surface area contributed by atoms with E-state index in [9.17, 15) is 22.8 Å². The topological polar surface area (TPSA) is 155 Å². The molecule has 40 heavy (non-hydrogen) atoms. The van der Waals surface area contributed by atoms with E-state index in [0.717, 1.165) is 16.5 Å². The van der Waals surface area contributed by atoms with Crippen molar-refractivity contribution in [1.29, 1.82) is 0 Å². The van der Waals surface area contributed by atoms with Crippen molar-refractivity contribution >= 4 is 28.0 Å². The van der Waals surface area contributed by atoms with Crippen LogP contribution < -0.4 is 15.4 Å². The van der Waals surface area contributed by atoms with Gasteiger partial charge in [-0.05, 0) is 50.6 Å². The first-order valence-electron chi connectivity index (χ1n) is 13.1. The smallest absolute Gasteiger partial charge is 0.408 e. The molecule has 3 rings (SSSR count). The van der Waals surface area contributed by atoms with Crippen LogP contribution in [0.15, 0.2) is 72.0 Å². The molecule has 1 aromatic heterocycles. The third kappa shape index (κ3) is 8.83. The molecule has 2 amide bonds. The fourth-order valence-electron chi connectivity index (χ4n) is 3.28. The summed E-state index contributed by atoms with van der Waals surface area (Å²) >= 11 is 0. The minimum absolute atomic E-state index is 0.0457. The van der Waals surface area contributed by atoms with Crippen LogP contribution in [0.4, 0.5) is 4.79 Å². The standard InChI is InChI=1S/C27H32N4O8S/c1-27(2,3)39-26(34)30-23(25(33)28-15-24(32)38-17-19-8-6-5-7-9-19)14-20-16-31(18-29-20)40(35,36)22-12-10-21(37-4)11-13-22/h5-13,16,18,23H,14-15,17H2,1-4H3,(H,28,33)(H,30,34)/t23-/m0/s1/i15D2. The molecule has 0 aliphatic rings. The van der Waals surface area contributed by atoms with Crippen molar-refractivity contribution in [2.45, 2.75) is 50.3 Å². The predicted octanol–water partition coefficient (Wildman–Crippen LogP) is 2.42. The average Bonchev–Trinajstić information content (AvgIpc) is 3.40. The van der Waals surface area contributed by atoms with Crippen LogP contribution in [0.5, 0.6) is 5.75 Å². The van der Waals surface area contributed by atoms with E-state index < -0.39 is 46.1 Å². The van der Waals surface area contributed by atoms with Crippen molar-refractivity contribution in [3.05, 3.63) is 78.4 Å². The monoisotopic (exact) mass is 574 g/mol. The number of alkyl carbamates (subject to hydrolysis) is 1. The molecule has 0 unspecified atom stereocenters. The van der Waals surface area contributed by atoms with Crippen molar-refractivity contribution in [3.63, 3.8) is 0 Å². The first kappa shape index (κ1) is 27.2. The number of nitrogens with one attached hydrogen (secondary N) is 2. The van der Waals surface area contributed by atoms with Crippen molar-refractivity contribution in [2.24, 2.45) is 0 Å². The summed E-state index contributed by atoms with van der Waals surface area (Å²) < 4.78 is 58.3. The Hall–Kier alpha value is -4.39. The lowest BCUT2D eigenvalue weighted by Crippen LogP contribution is -2.50. The highest BCUT2D eigenvalue weighted by molar-refractivity contribution is 7.90. The van der Waals surface area contributed by atoms with Gasteiger partial charge in [-0.3, -0.25) is 9.59 Å². The Morgan fingerprint density at radius 2 is 1.75 bits per heavy atom. The highest BCUT2D eigenvalue weighted by Crippen LogP contribution is 2.19. The number of ether oxygens (including phenoxy) is 3. The van der Waals surface area contributed by atoms with Gasteiger partial charge in [0.15, 0.2) is 0 Å². The van der Waals surface area contributed by atoms with Gasteiger partial charge >= 0.3 is 12.1 Å². The first-order chi connectivity index (χ1) is 19.6. The fraction of sp³-hybridized carbons (Fsp3) is 0.333. The molecule has 1 atom stereocenters. The molecule has 0 saturated heterocycles. The Bertz CT molecular complexity index is 1500. The second-order valence-electron chi connectivity index (χ2n) is 9.45. The van der Waals surface area contributed by atoms with E-state index in [1.54, 1.807) is 51.1 Å². The summed E-state index contributed by atoms with van der Waals surface area (Å²) in [4.78, 5) is 42.1. The van der Waals surface area contributed by atoms with Crippen LogP contribution in [0.2, 0.25) is 0 Å². The molecule has 2 N–H and O–H groups in total. The third-order valence-electron chi connectivity index (χ3n) is 5.17. The summed E-state index contributed by atoms with van der Waals surface area (Å²) in [5.74, 6) is -1.99. The van der Waals surface area contributed by atoms with E-state index >= 15 is 0 Å². The summed E-state index contributed by atoms with van der Waals surface area (Å²) in [6.07, 6.45) is 0.808.